The second-order valence-corrected chi connectivity index (χ2v) is 8.61. The van der Waals surface area contributed by atoms with Crippen molar-refractivity contribution in [2.24, 2.45) is 4.99 Å². The molecule has 172 valence electrons. The first-order valence-electron chi connectivity index (χ1n) is 11.3. The summed E-state index contributed by atoms with van der Waals surface area (Å²) in [7, 11) is 3.88. The molecule has 0 aromatic heterocycles. The molecule has 0 saturated carbocycles. The molecule has 2 aliphatic heterocycles. The third-order valence-electron chi connectivity index (χ3n) is 6.29. The number of hydrogen-bond donors (Lipinski definition) is 2. The Kier molecular flexibility index (Phi) is 7.17. The molecule has 7 nitrogen and oxygen atoms in total. The van der Waals surface area contributed by atoms with Crippen LogP contribution in [0.5, 0.6) is 11.5 Å². The minimum absolute atomic E-state index is 0.0525. The Bertz CT molecular complexity index is 913. The van der Waals surface area contributed by atoms with Crippen molar-refractivity contribution < 1.29 is 14.2 Å². The summed E-state index contributed by atoms with van der Waals surface area (Å²) in [6.45, 7) is 5.56. The molecule has 2 aliphatic rings. The maximum atomic E-state index is 5.68. The molecule has 0 spiro atoms. The highest BCUT2D eigenvalue weighted by molar-refractivity contribution is 5.79. The van der Waals surface area contributed by atoms with Crippen LogP contribution >= 0.6 is 0 Å². The number of fused-ring (bicyclic) bond motifs is 1. The number of nitrogens with zero attached hydrogens (tertiary/aromatic N) is 2. The number of hydrogen-bond acceptors (Lipinski definition) is 5. The quantitative estimate of drug-likeness (QED) is 0.511. The van der Waals surface area contributed by atoms with Gasteiger partial charge in [-0.25, -0.2) is 0 Å². The van der Waals surface area contributed by atoms with Crippen LogP contribution < -0.4 is 20.1 Å². The van der Waals surface area contributed by atoms with E-state index in [-0.39, 0.29) is 18.4 Å². The van der Waals surface area contributed by atoms with Crippen molar-refractivity contribution in [3.05, 3.63) is 59.7 Å². The van der Waals surface area contributed by atoms with Crippen LogP contribution in [0.4, 0.5) is 0 Å². The molecule has 1 saturated heterocycles. The smallest absolute Gasteiger partial charge is 0.231 e. The van der Waals surface area contributed by atoms with E-state index in [1.54, 1.807) is 0 Å². The van der Waals surface area contributed by atoms with Crippen LogP contribution in [0.25, 0.3) is 0 Å². The third-order valence-corrected chi connectivity index (χ3v) is 6.29. The van der Waals surface area contributed by atoms with Crippen LogP contribution in [-0.2, 0) is 11.3 Å². The Hall–Kier alpha value is -2.77. The van der Waals surface area contributed by atoms with Gasteiger partial charge in [0.25, 0.3) is 0 Å². The Balaban J connectivity index is 1.39. The maximum absolute atomic E-state index is 5.68. The van der Waals surface area contributed by atoms with Crippen molar-refractivity contribution in [2.45, 2.75) is 37.9 Å². The van der Waals surface area contributed by atoms with Crippen molar-refractivity contribution in [1.82, 2.24) is 15.5 Å². The average molecular weight is 439 g/mol. The number of aliphatic imine (C=N–C) groups is 1. The number of rotatable bonds is 7. The first-order chi connectivity index (χ1) is 15.6. The lowest BCUT2D eigenvalue weighted by molar-refractivity contribution is 0.0353. The zero-order valence-corrected chi connectivity index (χ0v) is 19.3. The highest BCUT2D eigenvalue weighted by Crippen LogP contribution is 2.32. The fraction of sp³-hybridized carbons (Fsp3) is 0.480. The van der Waals surface area contributed by atoms with Crippen LogP contribution in [0.1, 0.15) is 36.9 Å². The van der Waals surface area contributed by atoms with Crippen LogP contribution in [0.15, 0.2) is 53.5 Å². The summed E-state index contributed by atoms with van der Waals surface area (Å²) in [5.74, 6) is 2.47. The van der Waals surface area contributed by atoms with E-state index in [4.69, 9.17) is 14.2 Å². The van der Waals surface area contributed by atoms with Gasteiger partial charge in [-0.2, -0.15) is 0 Å². The van der Waals surface area contributed by atoms with Crippen molar-refractivity contribution >= 4 is 5.96 Å². The second-order valence-electron chi connectivity index (χ2n) is 8.61. The van der Waals surface area contributed by atoms with Gasteiger partial charge in [-0.3, -0.25) is 4.99 Å². The Morgan fingerprint density at radius 2 is 1.84 bits per heavy atom. The standard InChI is InChI=1S/C25H34N4O3/c1-19(21-7-5-4-6-8-21)28-25(11-13-30-14-12-25)17-27-24(26-2)29(3)16-20-9-10-22-23(15-20)32-18-31-22/h4-10,15,19,28H,11-14,16-18H2,1-3H3,(H,26,27). The van der Waals surface area contributed by atoms with Crippen LogP contribution in [0.3, 0.4) is 0 Å². The molecule has 0 bridgehead atoms. The molecule has 4 rings (SSSR count). The van der Waals surface area contributed by atoms with Gasteiger partial charge in [0.05, 0.1) is 0 Å². The minimum atomic E-state index is -0.0525. The van der Waals surface area contributed by atoms with E-state index < -0.39 is 0 Å². The van der Waals surface area contributed by atoms with Gasteiger partial charge in [0, 0.05) is 52.0 Å². The number of nitrogens with one attached hydrogen (secondary N) is 2. The molecule has 1 fully saturated rings. The lowest BCUT2D eigenvalue weighted by Crippen LogP contribution is -2.58. The van der Waals surface area contributed by atoms with Gasteiger partial charge in [0.15, 0.2) is 17.5 Å². The van der Waals surface area contributed by atoms with Crippen LogP contribution in [-0.4, -0.2) is 57.0 Å². The monoisotopic (exact) mass is 438 g/mol. The van der Waals surface area contributed by atoms with Gasteiger partial charge in [-0.1, -0.05) is 36.4 Å². The summed E-state index contributed by atoms with van der Waals surface area (Å²) in [5.41, 5.74) is 2.39. The van der Waals surface area contributed by atoms with Gasteiger partial charge in [0.1, 0.15) is 0 Å². The maximum Gasteiger partial charge on any atom is 0.231 e. The molecule has 0 radical (unpaired) electrons. The van der Waals surface area contributed by atoms with Crippen LogP contribution in [0, 0.1) is 0 Å². The number of benzene rings is 2. The van der Waals surface area contributed by atoms with Gasteiger partial charge < -0.3 is 29.7 Å². The Labute approximate surface area is 190 Å². The molecule has 2 aromatic rings. The predicted molar refractivity (Wildman–Crippen MR) is 126 cm³/mol. The molecule has 0 aliphatic carbocycles. The van der Waals surface area contributed by atoms with E-state index in [9.17, 15) is 0 Å². The largest absolute Gasteiger partial charge is 0.454 e. The molecule has 7 heteroatoms. The highest BCUT2D eigenvalue weighted by Gasteiger charge is 2.34. The molecule has 32 heavy (non-hydrogen) atoms. The van der Waals surface area contributed by atoms with E-state index in [1.165, 1.54) is 5.56 Å². The number of ether oxygens (including phenoxy) is 3. The fourth-order valence-electron chi connectivity index (χ4n) is 4.44. The topological polar surface area (TPSA) is 67.4 Å². The fourth-order valence-corrected chi connectivity index (χ4v) is 4.44. The van der Waals surface area contributed by atoms with Gasteiger partial charge in [-0.05, 0) is 43.0 Å². The van der Waals surface area contributed by atoms with Gasteiger partial charge in [0.2, 0.25) is 6.79 Å². The molecule has 2 aromatic carbocycles. The first-order valence-corrected chi connectivity index (χ1v) is 11.3. The van der Waals surface area contributed by atoms with Gasteiger partial charge in [-0.15, -0.1) is 0 Å². The average Bonchev–Trinajstić information content (AvgIpc) is 3.28. The van der Waals surface area contributed by atoms with E-state index in [0.29, 0.717) is 0 Å². The molecular formula is C25H34N4O3. The minimum Gasteiger partial charge on any atom is -0.454 e. The molecule has 1 unspecified atom stereocenters. The molecule has 2 heterocycles. The summed E-state index contributed by atoms with van der Waals surface area (Å²) in [5, 5.41) is 7.51. The van der Waals surface area contributed by atoms with Crippen molar-refractivity contribution in [3.8, 4) is 11.5 Å². The summed E-state index contributed by atoms with van der Waals surface area (Å²) in [4.78, 5) is 6.66. The molecule has 0 amide bonds. The zero-order chi connectivity index (χ0) is 22.4. The van der Waals surface area contributed by atoms with Crippen molar-refractivity contribution in [1.29, 1.82) is 0 Å². The Morgan fingerprint density at radius 3 is 2.59 bits per heavy atom. The van der Waals surface area contributed by atoms with E-state index >= 15 is 0 Å². The van der Waals surface area contributed by atoms with Crippen molar-refractivity contribution in [3.63, 3.8) is 0 Å². The molecule has 2 N–H and O–H groups in total. The van der Waals surface area contributed by atoms with Crippen LogP contribution in [0.2, 0.25) is 0 Å². The summed E-state index contributed by atoms with van der Waals surface area (Å²) >= 11 is 0. The lowest BCUT2D eigenvalue weighted by Gasteiger charge is -2.41. The first kappa shape index (κ1) is 22.4. The number of guanidine groups is 1. The lowest BCUT2D eigenvalue weighted by atomic mass is 9.88. The Morgan fingerprint density at radius 1 is 1.09 bits per heavy atom. The molecule has 1 atom stereocenters. The predicted octanol–water partition coefficient (Wildman–Crippen LogP) is 3.32. The highest BCUT2D eigenvalue weighted by atomic mass is 16.7. The van der Waals surface area contributed by atoms with E-state index in [0.717, 1.165) is 62.2 Å². The van der Waals surface area contributed by atoms with E-state index in [2.05, 4.69) is 70.9 Å². The summed E-state index contributed by atoms with van der Waals surface area (Å²) in [6, 6.07) is 16.9. The van der Waals surface area contributed by atoms with Gasteiger partial charge >= 0.3 is 0 Å². The summed E-state index contributed by atoms with van der Waals surface area (Å²) < 4.78 is 16.6. The van der Waals surface area contributed by atoms with Crippen molar-refractivity contribution in [2.75, 3.05) is 40.6 Å². The zero-order valence-electron chi connectivity index (χ0n) is 19.3. The summed E-state index contributed by atoms with van der Waals surface area (Å²) in [6.07, 6.45) is 1.92. The SMILES string of the molecule is CN=C(NCC1(NC(C)c2ccccc2)CCOCC1)N(C)Cc1ccc2c(c1)OCO2. The normalized spacial score (nSPS) is 18.3. The van der Waals surface area contributed by atoms with E-state index in [1.807, 2.05) is 19.2 Å². The third kappa shape index (κ3) is 5.34. The second kappa shape index (κ2) is 10.2. The molecular weight excluding hydrogens is 404 g/mol.